The second kappa shape index (κ2) is 6.34. The van der Waals surface area contributed by atoms with Gasteiger partial charge in [0.2, 0.25) is 0 Å². The lowest BCUT2D eigenvalue weighted by Crippen LogP contribution is -2.45. The molecule has 2 rings (SSSR count). The fourth-order valence-electron chi connectivity index (χ4n) is 2.84. The van der Waals surface area contributed by atoms with Gasteiger partial charge in [0.15, 0.2) is 0 Å². The van der Waals surface area contributed by atoms with E-state index in [0.29, 0.717) is 5.56 Å². The summed E-state index contributed by atoms with van der Waals surface area (Å²) in [5.74, 6) is 0. The Kier molecular flexibility index (Phi) is 4.91. The van der Waals surface area contributed by atoms with E-state index >= 15 is 0 Å². The maximum Gasteiger partial charge on any atom is 0.416 e. The van der Waals surface area contributed by atoms with Crippen molar-refractivity contribution in [2.75, 3.05) is 33.7 Å². The molecule has 21 heavy (non-hydrogen) atoms. The van der Waals surface area contributed by atoms with Crippen molar-refractivity contribution in [2.45, 2.75) is 24.7 Å². The molecule has 1 saturated heterocycles. The average molecular weight is 301 g/mol. The number of rotatable bonds is 2. The van der Waals surface area contributed by atoms with Crippen LogP contribution in [0.25, 0.3) is 0 Å². The summed E-state index contributed by atoms with van der Waals surface area (Å²) in [6.45, 7) is 2.64. The van der Waals surface area contributed by atoms with E-state index < -0.39 is 17.8 Å². The van der Waals surface area contributed by atoms with Crippen molar-refractivity contribution in [3.63, 3.8) is 0 Å². The standard InChI is InChI=1S/C15H22F3N3/c1-20-7-4-8-21(2)13(10-20)14(19)11-5-3-6-12(9-11)15(16,17)18/h3,5-6,9,13-14H,4,7-8,10,19H2,1-2H3. The van der Waals surface area contributed by atoms with Gasteiger partial charge in [0, 0.05) is 18.6 Å². The van der Waals surface area contributed by atoms with E-state index in [0.717, 1.165) is 32.1 Å². The van der Waals surface area contributed by atoms with Crippen LogP contribution in [-0.4, -0.2) is 49.6 Å². The molecule has 0 aromatic heterocycles. The van der Waals surface area contributed by atoms with Crippen molar-refractivity contribution in [3.8, 4) is 0 Å². The molecule has 1 heterocycles. The highest BCUT2D eigenvalue weighted by atomic mass is 19.4. The van der Waals surface area contributed by atoms with Crippen molar-refractivity contribution in [1.29, 1.82) is 0 Å². The van der Waals surface area contributed by atoms with E-state index in [1.54, 1.807) is 6.07 Å². The molecule has 0 saturated carbocycles. The Bertz CT molecular complexity index is 475. The number of nitrogens with zero attached hydrogens (tertiary/aromatic N) is 2. The number of benzene rings is 1. The van der Waals surface area contributed by atoms with Gasteiger partial charge in [-0.1, -0.05) is 12.1 Å². The zero-order valence-corrected chi connectivity index (χ0v) is 12.4. The molecular formula is C15H22F3N3. The normalized spacial score (nSPS) is 23.8. The molecule has 1 aromatic carbocycles. The third kappa shape index (κ3) is 3.96. The van der Waals surface area contributed by atoms with Gasteiger partial charge in [-0.15, -0.1) is 0 Å². The van der Waals surface area contributed by atoms with Gasteiger partial charge in [0.1, 0.15) is 0 Å². The summed E-state index contributed by atoms with van der Waals surface area (Å²) in [6.07, 6.45) is -3.29. The Balaban J connectivity index is 2.24. The Morgan fingerprint density at radius 1 is 1.24 bits per heavy atom. The van der Waals surface area contributed by atoms with Crippen LogP contribution < -0.4 is 5.73 Å². The number of halogens is 3. The minimum Gasteiger partial charge on any atom is -0.323 e. The Labute approximate surface area is 123 Å². The van der Waals surface area contributed by atoms with Crippen molar-refractivity contribution in [2.24, 2.45) is 5.73 Å². The van der Waals surface area contributed by atoms with Gasteiger partial charge >= 0.3 is 6.18 Å². The van der Waals surface area contributed by atoms with Crippen LogP contribution >= 0.6 is 0 Å². The first-order chi connectivity index (χ1) is 9.79. The SMILES string of the molecule is CN1CCCN(C)C(C(N)c2cccc(C(F)(F)F)c2)C1. The first-order valence-corrected chi connectivity index (χ1v) is 7.10. The molecule has 0 radical (unpaired) electrons. The monoisotopic (exact) mass is 301 g/mol. The lowest BCUT2D eigenvalue weighted by molar-refractivity contribution is -0.137. The average Bonchev–Trinajstić information content (AvgIpc) is 2.59. The third-order valence-corrected chi connectivity index (χ3v) is 4.13. The summed E-state index contributed by atoms with van der Waals surface area (Å²) in [5.41, 5.74) is 6.17. The molecule has 0 aliphatic carbocycles. The topological polar surface area (TPSA) is 32.5 Å². The van der Waals surface area contributed by atoms with Crippen molar-refractivity contribution < 1.29 is 13.2 Å². The summed E-state index contributed by atoms with van der Waals surface area (Å²) in [5, 5.41) is 0. The van der Waals surface area contributed by atoms with E-state index in [9.17, 15) is 13.2 Å². The highest BCUT2D eigenvalue weighted by Gasteiger charge is 2.32. The van der Waals surface area contributed by atoms with Crippen molar-refractivity contribution in [1.82, 2.24) is 9.80 Å². The van der Waals surface area contributed by atoms with Gasteiger partial charge in [0.25, 0.3) is 0 Å². The van der Waals surface area contributed by atoms with Gasteiger partial charge in [-0.05, 0) is 51.3 Å². The molecule has 0 spiro atoms. The predicted molar refractivity (Wildman–Crippen MR) is 76.9 cm³/mol. The van der Waals surface area contributed by atoms with E-state index in [1.165, 1.54) is 12.1 Å². The minimum absolute atomic E-state index is 0.0148. The summed E-state index contributed by atoms with van der Waals surface area (Å²) >= 11 is 0. The molecule has 6 heteroatoms. The van der Waals surface area contributed by atoms with Crippen LogP contribution in [-0.2, 0) is 6.18 Å². The Morgan fingerprint density at radius 2 is 1.95 bits per heavy atom. The summed E-state index contributed by atoms with van der Waals surface area (Å²) in [6, 6.07) is 4.94. The summed E-state index contributed by atoms with van der Waals surface area (Å²) in [7, 11) is 4.00. The highest BCUT2D eigenvalue weighted by molar-refractivity contribution is 5.29. The quantitative estimate of drug-likeness (QED) is 0.910. The van der Waals surface area contributed by atoms with Crippen molar-refractivity contribution >= 4 is 0 Å². The number of hydrogen-bond donors (Lipinski definition) is 1. The minimum atomic E-state index is -4.33. The van der Waals surface area contributed by atoms with Crippen LogP contribution in [0.5, 0.6) is 0 Å². The predicted octanol–water partition coefficient (Wildman–Crippen LogP) is 2.34. The summed E-state index contributed by atoms with van der Waals surface area (Å²) < 4.78 is 38.5. The van der Waals surface area contributed by atoms with Gasteiger partial charge in [-0.2, -0.15) is 13.2 Å². The number of alkyl halides is 3. The lowest BCUT2D eigenvalue weighted by Gasteiger charge is -2.32. The van der Waals surface area contributed by atoms with Gasteiger partial charge in [0.05, 0.1) is 5.56 Å². The molecule has 0 amide bonds. The van der Waals surface area contributed by atoms with Crippen LogP contribution in [0.2, 0.25) is 0 Å². The summed E-state index contributed by atoms with van der Waals surface area (Å²) in [4.78, 5) is 4.33. The number of nitrogens with two attached hydrogens (primary N) is 1. The van der Waals surface area contributed by atoms with E-state index in [1.807, 2.05) is 14.1 Å². The maximum atomic E-state index is 12.8. The maximum absolute atomic E-state index is 12.8. The van der Waals surface area contributed by atoms with Crippen LogP contribution in [0.15, 0.2) is 24.3 Å². The fraction of sp³-hybridized carbons (Fsp3) is 0.600. The second-order valence-electron chi connectivity index (χ2n) is 5.81. The van der Waals surface area contributed by atoms with Crippen LogP contribution in [0, 0.1) is 0 Å². The zero-order chi connectivity index (χ0) is 15.6. The molecule has 2 atom stereocenters. The molecule has 1 fully saturated rings. The lowest BCUT2D eigenvalue weighted by atomic mass is 9.97. The molecule has 2 unspecified atom stereocenters. The molecule has 2 N–H and O–H groups in total. The molecule has 3 nitrogen and oxygen atoms in total. The Morgan fingerprint density at radius 3 is 2.62 bits per heavy atom. The number of likely N-dealkylation sites (N-methyl/N-ethyl adjacent to an activating group) is 2. The van der Waals surface area contributed by atoms with Gasteiger partial charge in [-0.25, -0.2) is 0 Å². The fourth-order valence-corrected chi connectivity index (χ4v) is 2.84. The molecule has 1 aromatic rings. The smallest absolute Gasteiger partial charge is 0.323 e. The van der Waals surface area contributed by atoms with E-state index in [-0.39, 0.29) is 6.04 Å². The third-order valence-electron chi connectivity index (χ3n) is 4.13. The molecular weight excluding hydrogens is 279 g/mol. The van der Waals surface area contributed by atoms with Crippen LogP contribution in [0.3, 0.4) is 0 Å². The second-order valence-corrected chi connectivity index (χ2v) is 5.81. The largest absolute Gasteiger partial charge is 0.416 e. The van der Waals surface area contributed by atoms with Crippen LogP contribution in [0.1, 0.15) is 23.6 Å². The molecule has 118 valence electrons. The Hall–Kier alpha value is -1.11. The van der Waals surface area contributed by atoms with E-state index in [4.69, 9.17) is 5.73 Å². The van der Waals surface area contributed by atoms with Crippen molar-refractivity contribution in [3.05, 3.63) is 35.4 Å². The molecule has 0 bridgehead atoms. The highest BCUT2D eigenvalue weighted by Crippen LogP contribution is 2.31. The number of hydrogen-bond acceptors (Lipinski definition) is 3. The first kappa shape index (κ1) is 16.3. The van der Waals surface area contributed by atoms with Gasteiger partial charge < -0.3 is 15.5 Å². The van der Waals surface area contributed by atoms with Crippen LogP contribution in [0.4, 0.5) is 13.2 Å². The molecule has 1 aliphatic rings. The first-order valence-electron chi connectivity index (χ1n) is 7.10. The van der Waals surface area contributed by atoms with Gasteiger partial charge in [-0.3, -0.25) is 0 Å². The zero-order valence-electron chi connectivity index (χ0n) is 12.4. The molecule has 1 aliphatic heterocycles. The van der Waals surface area contributed by atoms with E-state index in [2.05, 4.69) is 9.80 Å².